The third-order valence-corrected chi connectivity index (χ3v) is 6.46. The van der Waals surface area contributed by atoms with Gasteiger partial charge in [-0.3, -0.25) is 4.79 Å². The fourth-order valence-corrected chi connectivity index (χ4v) is 4.28. The molecule has 2 aliphatic heterocycles. The summed E-state index contributed by atoms with van der Waals surface area (Å²) in [6.45, 7) is 7.25. The minimum absolute atomic E-state index is 0.0670. The minimum Gasteiger partial charge on any atom is -0.347 e. The van der Waals surface area contributed by atoms with Crippen LogP contribution < -0.4 is 15.1 Å². The molecule has 0 radical (unpaired) electrons. The second-order valence-electron chi connectivity index (χ2n) is 8.92. The molecule has 0 spiro atoms. The molecule has 9 nitrogen and oxygen atoms in total. The monoisotopic (exact) mass is 422 g/mol. The van der Waals surface area contributed by atoms with Gasteiger partial charge in [0.2, 0.25) is 11.9 Å². The number of nitrogens with zero attached hydrogens (tertiary/aromatic N) is 7. The van der Waals surface area contributed by atoms with E-state index in [9.17, 15) is 4.79 Å². The predicted octanol–water partition coefficient (Wildman–Crippen LogP) is 1.21. The second kappa shape index (κ2) is 8.37. The van der Waals surface area contributed by atoms with Crippen LogP contribution in [0.25, 0.3) is 0 Å². The van der Waals surface area contributed by atoms with Gasteiger partial charge in [-0.15, -0.1) is 0 Å². The van der Waals surface area contributed by atoms with Crippen molar-refractivity contribution in [2.24, 2.45) is 0 Å². The Morgan fingerprint density at radius 2 is 1.77 bits per heavy atom. The van der Waals surface area contributed by atoms with Gasteiger partial charge >= 0.3 is 0 Å². The third kappa shape index (κ3) is 4.46. The summed E-state index contributed by atoms with van der Waals surface area (Å²) in [5.41, 5.74) is 2.41. The Morgan fingerprint density at radius 1 is 1.00 bits per heavy atom. The molecule has 0 bridgehead atoms. The lowest BCUT2D eigenvalue weighted by Crippen LogP contribution is -2.45. The molecule has 1 N–H and O–H groups in total. The summed E-state index contributed by atoms with van der Waals surface area (Å²) >= 11 is 0. The molecule has 1 saturated carbocycles. The number of hydrogen-bond donors (Lipinski definition) is 1. The van der Waals surface area contributed by atoms with Crippen LogP contribution in [-0.2, 0) is 0 Å². The van der Waals surface area contributed by atoms with Gasteiger partial charge in [0.05, 0.1) is 11.3 Å². The van der Waals surface area contributed by atoms with E-state index < -0.39 is 0 Å². The number of piperazine rings is 1. The van der Waals surface area contributed by atoms with Crippen molar-refractivity contribution in [1.29, 1.82) is 0 Å². The fraction of sp³-hybridized carbons (Fsp3) is 0.591. The van der Waals surface area contributed by atoms with Gasteiger partial charge in [0, 0.05) is 69.3 Å². The molecule has 0 aromatic carbocycles. The number of likely N-dealkylation sites (N-methyl/N-ethyl adjacent to an activating group) is 1. The molecule has 9 heteroatoms. The van der Waals surface area contributed by atoms with E-state index in [1.165, 1.54) is 12.8 Å². The van der Waals surface area contributed by atoms with Crippen molar-refractivity contribution in [2.75, 3.05) is 56.1 Å². The normalized spacial score (nSPS) is 22.1. The Hall–Kier alpha value is -2.81. The minimum atomic E-state index is -0.109. The van der Waals surface area contributed by atoms with Gasteiger partial charge in [0.25, 0.3) is 5.91 Å². The highest BCUT2D eigenvalue weighted by molar-refractivity contribution is 5.95. The first kappa shape index (κ1) is 20.1. The maximum atomic E-state index is 12.9. The number of amides is 1. The zero-order chi connectivity index (χ0) is 21.4. The lowest BCUT2D eigenvalue weighted by Gasteiger charge is -2.32. The number of aryl methyl sites for hydroxylation is 1. The molecule has 1 atom stereocenters. The van der Waals surface area contributed by atoms with Crippen molar-refractivity contribution in [3.8, 4) is 0 Å². The van der Waals surface area contributed by atoms with E-state index in [0.29, 0.717) is 17.4 Å². The molecule has 2 saturated heterocycles. The summed E-state index contributed by atoms with van der Waals surface area (Å²) in [7, 11) is 2.12. The van der Waals surface area contributed by atoms with Gasteiger partial charge in [0.1, 0.15) is 0 Å². The molecular weight excluding hydrogens is 392 g/mol. The zero-order valence-corrected chi connectivity index (χ0v) is 18.3. The van der Waals surface area contributed by atoms with Crippen molar-refractivity contribution in [3.63, 3.8) is 0 Å². The summed E-state index contributed by atoms with van der Waals surface area (Å²) in [4.78, 5) is 37.8. The summed E-state index contributed by atoms with van der Waals surface area (Å²) in [5.74, 6) is 1.98. The number of carbonyl (C=O) groups is 1. The largest absolute Gasteiger partial charge is 0.347 e. The molecule has 4 heterocycles. The quantitative estimate of drug-likeness (QED) is 0.769. The SMILES string of the molecule is Cc1nc(N2CCN(C)CC2)ncc1C(=O)NC1CCN(c2nccc(C3CC3)n2)C1. The molecule has 1 amide bonds. The van der Waals surface area contributed by atoms with Crippen LogP contribution in [0.1, 0.15) is 46.9 Å². The summed E-state index contributed by atoms with van der Waals surface area (Å²) in [5, 5.41) is 3.15. The first-order chi connectivity index (χ1) is 15.1. The van der Waals surface area contributed by atoms with E-state index in [2.05, 4.69) is 42.0 Å². The van der Waals surface area contributed by atoms with Crippen LogP contribution in [0.15, 0.2) is 18.5 Å². The van der Waals surface area contributed by atoms with Crippen LogP contribution in [0.5, 0.6) is 0 Å². The van der Waals surface area contributed by atoms with Gasteiger partial charge in [-0.25, -0.2) is 19.9 Å². The molecule has 5 rings (SSSR count). The highest BCUT2D eigenvalue weighted by Gasteiger charge is 2.29. The van der Waals surface area contributed by atoms with Crippen LogP contribution in [0.2, 0.25) is 0 Å². The molecule has 1 unspecified atom stereocenters. The molecule has 31 heavy (non-hydrogen) atoms. The average Bonchev–Trinajstić information content (AvgIpc) is 3.53. The first-order valence-electron chi connectivity index (χ1n) is 11.2. The van der Waals surface area contributed by atoms with E-state index in [-0.39, 0.29) is 11.9 Å². The first-order valence-corrected chi connectivity index (χ1v) is 11.2. The number of rotatable bonds is 5. The van der Waals surface area contributed by atoms with Crippen molar-refractivity contribution in [3.05, 3.63) is 35.4 Å². The lowest BCUT2D eigenvalue weighted by atomic mass is 10.2. The zero-order valence-electron chi connectivity index (χ0n) is 18.3. The van der Waals surface area contributed by atoms with E-state index in [1.807, 2.05) is 19.2 Å². The Bertz CT molecular complexity index is 954. The number of hydrogen-bond acceptors (Lipinski definition) is 8. The standard InChI is InChI=1S/C22H30N8O/c1-15-18(13-24-22(25-15)29-11-9-28(2)10-12-29)20(31)26-17-6-8-30(14-17)21-23-7-5-19(27-21)16-3-4-16/h5,7,13,16-17H,3-4,6,8-12,14H2,1-2H3,(H,26,31). The lowest BCUT2D eigenvalue weighted by molar-refractivity contribution is 0.0939. The van der Waals surface area contributed by atoms with Crippen molar-refractivity contribution in [1.82, 2.24) is 30.2 Å². The second-order valence-corrected chi connectivity index (χ2v) is 8.92. The van der Waals surface area contributed by atoms with E-state index in [1.54, 1.807) is 6.20 Å². The van der Waals surface area contributed by atoms with Gasteiger partial charge < -0.3 is 20.0 Å². The fourth-order valence-electron chi connectivity index (χ4n) is 4.28. The van der Waals surface area contributed by atoms with Crippen LogP contribution in [0, 0.1) is 6.92 Å². The van der Waals surface area contributed by atoms with Gasteiger partial charge in [-0.05, 0) is 39.3 Å². The Kier molecular flexibility index (Phi) is 5.43. The number of aromatic nitrogens is 4. The van der Waals surface area contributed by atoms with Gasteiger partial charge in [0.15, 0.2) is 0 Å². The number of carbonyl (C=O) groups excluding carboxylic acids is 1. The Balaban J connectivity index is 1.20. The number of anilines is 2. The van der Waals surface area contributed by atoms with Crippen LogP contribution >= 0.6 is 0 Å². The van der Waals surface area contributed by atoms with Crippen molar-refractivity contribution >= 4 is 17.8 Å². The third-order valence-electron chi connectivity index (χ3n) is 6.46. The molecular formula is C22H30N8O. The topological polar surface area (TPSA) is 90.4 Å². The molecule has 3 aliphatic rings. The smallest absolute Gasteiger partial charge is 0.254 e. The van der Waals surface area contributed by atoms with Gasteiger partial charge in [-0.2, -0.15) is 0 Å². The molecule has 164 valence electrons. The predicted molar refractivity (Wildman–Crippen MR) is 119 cm³/mol. The van der Waals surface area contributed by atoms with E-state index >= 15 is 0 Å². The van der Waals surface area contributed by atoms with Crippen molar-refractivity contribution in [2.45, 2.75) is 38.1 Å². The van der Waals surface area contributed by atoms with Gasteiger partial charge in [-0.1, -0.05) is 0 Å². The maximum absolute atomic E-state index is 12.9. The van der Waals surface area contributed by atoms with E-state index in [0.717, 1.165) is 63.0 Å². The number of nitrogens with one attached hydrogen (secondary N) is 1. The maximum Gasteiger partial charge on any atom is 0.254 e. The summed E-state index contributed by atoms with van der Waals surface area (Å²) < 4.78 is 0. The van der Waals surface area contributed by atoms with Crippen LogP contribution in [0.4, 0.5) is 11.9 Å². The summed E-state index contributed by atoms with van der Waals surface area (Å²) in [6, 6.07) is 2.09. The Morgan fingerprint density at radius 3 is 2.52 bits per heavy atom. The highest BCUT2D eigenvalue weighted by atomic mass is 16.1. The highest BCUT2D eigenvalue weighted by Crippen LogP contribution is 2.39. The van der Waals surface area contributed by atoms with E-state index in [4.69, 9.17) is 4.98 Å². The average molecular weight is 423 g/mol. The van der Waals surface area contributed by atoms with Crippen molar-refractivity contribution < 1.29 is 4.79 Å². The summed E-state index contributed by atoms with van der Waals surface area (Å²) in [6.07, 6.45) is 6.85. The van der Waals surface area contributed by atoms with Crippen LogP contribution in [0.3, 0.4) is 0 Å². The van der Waals surface area contributed by atoms with Crippen LogP contribution in [-0.4, -0.2) is 83.1 Å². The Labute approximate surface area is 182 Å². The molecule has 3 fully saturated rings. The molecule has 2 aromatic rings. The molecule has 1 aliphatic carbocycles. The molecule has 2 aromatic heterocycles.